The summed E-state index contributed by atoms with van der Waals surface area (Å²) in [5.74, 6) is -0.266. The first-order valence-electron chi connectivity index (χ1n) is 8.49. The molecular formula is C20H21N3O4. The fourth-order valence-electron chi connectivity index (χ4n) is 3.01. The van der Waals surface area contributed by atoms with Gasteiger partial charge in [0.05, 0.1) is 7.11 Å². The fourth-order valence-corrected chi connectivity index (χ4v) is 3.01. The zero-order valence-electron chi connectivity index (χ0n) is 15.4. The minimum absolute atomic E-state index is 0.356. The highest BCUT2D eigenvalue weighted by Gasteiger charge is 2.49. The van der Waals surface area contributed by atoms with Gasteiger partial charge in [-0.2, -0.15) is 0 Å². The van der Waals surface area contributed by atoms with E-state index in [2.05, 4.69) is 10.6 Å². The zero-order chi connectivity index (χ0) is 19.6. The number of amides is 4. The molecule has 7 heteroatoms. The Kier molecular flexibility index (Phi) is 4.85. The number of rotatable bonds is 5. The number of anilines is 1. The fraction of sp³-hybridized carbons (Fsp3) is 0.250. The van der Waals surface area contributed by atoms with Gasteiger partial charge in [0.15, 0.2) is 0 Å². The molecule has 1 aliphatic heterocycles. The smallest absolute Gasteiger partial charge is 0.325 e. The molecule has 7 nitrogen and oxygen atoms in total. The molecule has 0 aliphatic carbocycles. The predicted molar refractivity (Wildman–Crippen MR) is 100 cm³/mol. The topological polar surface area (TPSA) is 87.7 Å². The highest BCUT2D eigenvalue weighted by Crippen LogP contribution is 2.30. The Morgan fingerprint density at radius 1 is 1.15 bits per heavy atom. The maximum absolute atomic E-state index is 12.9. The molecule has 2 N–H and O–H groups in total. The summed E-state index contributed by atoms with van der Waals surface area (Å²) in [5.41, 5.74) is 0.925. The van der Waals surface area contributed by atoms with Crippen LogP contribution in [0.15, 0.2) is 48.5 Å². The normalized spacial score (nSPS) is 19.0. The molecule has 2 aromatic rings. The van der Waals surface area contributed by atoms with Crippen molar-refractivity contribution in [3.8, 4) is 5.75 Å². The average molecular weight is 367 g/mol. The summed E-state index contributed by atoms with van der Waals surface area (Å²) in [7, 11) is 1.55. The third kappa shape index (κ3) is 3.48. The molecule has 1 heterocycles. The second-order valence-electron chi connectivity index (χ2n) is 6.54. The average Bonchev–Trinajstić information content (AvgIpc) is 2.88. The van der Waals surface area contributed by atoms with Crippen LogP contribution in [0.5, 0.6) is 5.75 Å². The van der Waals surface area contributed by atoms with Crippen molar-refractivity contribution >= 4 is 23.5 Å². The summed E-state index contributed by atoms with van der Waals surface area (Å²) < 4.78 is 5.12. The van der Waals surface area contributed by atoms with Crippen molar-refractivity contribution in [2.45, 2.75) is 19.4 Å². The number of aryl methyl sites for hydroxylation is 1. The molecule has 1 fully saturated rings. The molecule has 27 heavy (non-hydrogen) atoms. The number of nitrogens with one attached hydrogen (secondary N) is 2. The lowest BCUT2D eigenvalue weighted by atomic mass is 9.92. The van der Waals surface area contributed by atoms with Crippen LogP contribution in [-0.2, 0) is 15.1 Å². The summed E-state index contributed by atoms with van der Waals surface area (Å²) in [4.78, 5) is 38.5. The summed E-state index contributed by atoms with van der Waals surface area (Å²) >= 11 is 0. The van der Waals surface area contributed by atoms with Crippen LogP contribution in [0.3, 0.4) is 0 Å². The number of carbonyl (C=O) groups excluding carboxylic acids is 3. The molecule has 0 spiro atoms. The molecule has 0 radical (unpaired) electrons. The maximum atomic E-state index is 12.9. The van der Waals surface area contributed by atoms with Crippen molar-refractivity contribution < 1.29 is 19.1 Å². The molecule has 1 unspecified atom stereocenters. The SMILES string of the molecule is COc1ccc(C2(C)NC(=O)N(CC(=O)Nc3ccccc3C)C2=O)cc1. The van der Waals surface area contributed by atoms with Gasteiger partial charge in [-0.1, -0.05) is 30.3 Å². The predicted octanol–water partition coefficient (Wildman–Crippen LogP) is 2.41. The maximum Gasteiger partial charge on any atom is 0.325 e. The third-order valence-corrected chi connectivity index (χ3v) is 4.66. The van der Waals surface area contributed by atoms with Gasteiger partial charge in [-0.15, -0.1) is 0 Å². The highest BCUT2D eigenvalue weighted by atomic mass is 16.5. The Balaban J connectivity index is 1.75. The number of imide groups is 1. The van der Waals surface area contributed by atoms with Crippen LogP contribution < -0.4 is 15.4 Å². The number of carbonyl (C=O) groups is 3. The largest absolute Gasteiger partial charge is 0.497 e. The van der Waals surface area contributed by atoms with Gasteiger partial charge in [0, 0.05) is 5.69 Å². The van der Waals surface area contributed by atoms with Gasteiger partial charge in [-0.05, 0) is 43.2 Å². The van der Waals surface area contributed by atoms with Crippen molar-refractivity contribution in [2.75, 3.05) is 19.0 Å². The van der Waals surface area contributed by atoms with Gasteiger partial charge >= 0.3 is 6.03 Å². The van der Waals surface area contributed by atoms with Crippen molar-refractivity contribution in [3.05, 3.63) is 59.7 Å². The van der Waals surface area contributed by atoms with Crippen LogP contribution >= 0.6 is 0 Å². The lowest BCUT2D eigenvalue weighted by Gasteiger charge is -2.22. The van der Waals surface area contributed by atoms with E-state index in [4.69, 9.17) is 4.74 Å². The molecule has 140 valence electrons. The lowest BCUT2D eigenvalue weighted by molar-refractivity contribution is -0.133. The van der Waals surface area contributed by atoms with Crippen LogP contribution in [0.4, 0.5) is 10.5 Å². The minimum Gasteiger partial charge on any atom is -0.497 e. The van der Waals surface area contributed by atoms with Gasteiger partial charge < -0.3 is 15.4 Å². The van der Waals surface area contributed by atoms with Crippen LogP contribution in [0.25, 0.3) is 0 Å². The number of benzene rings is 2. The van der Waals surface area contributed by atoms with Crippen LogP contribution in [0, 0.1) is 6.92 Å². The molecule has 1 saturated heterocycles. The number of hydrogen-bond donors (Lipinski definition) is 2. The first kappa shape index (κ1) is 18.4. The van der Waals surface area contributed by atoms with E-state index < -0.39 is 23.4 Å². The standard InChI is InChI=1S/C20H21N3O4/c1-13-6-4-5-7-16(13)21-17(24)12-23-18(25)20(2,22-19(23)26)14-8-10-15(27-3)11-9-14/h4-11H,12H2,1-3H3,(H,21,24)(H,22,26). The molecule has 0 saturated carbocycles. The van der Waals surface area contributed by atoms with E-state index in [1.807, 2.05) is 19.1 Å². The number of nitrogens with zero attached hydrogens (tertiary/aromatic N) is 1. The van der Waals surface area contributed by atoms with E-state index in [0.717, 1.165) is 10.5 Å². The van der Waals surface area contributed by atoms with Gasteiger partial charge in [0.1, 0.15) is 17.8 Å². The Hall–Kier alpha value is -3.35. The highest BCUT2D eigenvalue weighted by molar-refractivity contribution is 6.10. The monoisotopic (exact) mass is 367 g/mol. The van der Waals surface area contributed by atoms with E-state index >= 15 is 0 Å². The van der Waals surface area contributed by atoms with Crippen LogP contribution in [0.1, 0.15) is 18.1 Å². The lowest BCUT2D eigenvalue weighted by Crippen LogP contribution is -2.42. The second kappa shape index (κ2) is 7.11. The number of ether oxygens (including phenoxy) is 1. The first-order valence-corrected chi connectivity index (χ1v) is 8.49. The summed E-state index contributed by atoms with van der Waals surface area (Å²) in [6.07, 6.45) is 0. The van der Waals surface area contributed by atoms with Gasteiger partial charge in [-0.25, -0.2) is 4.79 Å². The summed E-state index contributed by atoms with van der Waals surface area (Å²) in [6.45, 7) is 3.13. The van der Waals surface area contributed by atoms with E-state index in [-0.39, 0.29) is 6.54 Å². The van der Waals surface area contributed by atoms with E-state index in [9.17, 15) is 14.4 Å². The number of para-hydroxylation sites is 1. The van der Waals surface area contributed by atoms with E-state index in [1.165, 1.54) is 0 Å². The summed E-state index contributed by atoms with van der Waals surface area (Å²) in [6, 6.07) is 13.6. The Labute approximate surface area is 157 Å². The number of urea groups is 1. The second-order valence-corrected chi connectivity index (χ2v) is 6.54. The Morgan fingerprint density at radius 3 is 2.44 bits per heavy atom. The van der Waals surface area contributed by atoms with E-state index in [1.54, 1.807) is 50.4 Å². The van der Waals surface area contributed by atoms with Gasteiger partial charge in [-0.3, -0.25) is 14.5 Å². The van der Waals surface area contributed by atoms with Crippen molar-refractivity contribution in [3.63, 3.8) is 0 Å². The molecule has 1 atom stereocenters. The van der Waals surface area contributed by atoms with E-state index in [0.29, 0.717) is 17.0 Å². The molecule has 3 rings (SSSR count). The van der Waals surface area contributed by atoms with Crippen molar-refractivity contribution in [1.29, 1.82) is 0 Å². The Morgan fingerprint density at radius 2 is 1.81 bits per heavy atom. The zero-order valence-corrected chi connectivity index (χ0v) is 15.4. The van der Waals surface area contributed by atoms with Crippen LogP contribution in [0.2, 0.25) is 0 Å². The molecule has 4 amide bonds. The minimum atomic E-state index is -1.23. The molecular weight excluding hydrogens is 346 g/mol. The first-order chi connectivity index (χ1) is 12.8. The van der Waals surface area contributed by atoms with Gasteiger partial charge in [0.2, 0.25) is 5.91 Å². The quantitative estimate of drug-likeness (QED) is 0.795. The van der Waals surface area contributed by atoms with Crippen LogP contribution in [-0.4, -0.2) is 36.4 Å². The number of methoxy groups -OCH3 is 1. The van der Waals surface area contributed by atoms with Crippen molar-refractivity contribution in [1.82, 2.24) is 10.2 Å². The Bertz CT molecular complexity index is 894. The third-order valence-electron chi connectivity index (χ3n) is 4.66. The molecule has 0 aromatic heterocycles. The summed E-state index contributed by atoms with van der Waals surface area (Å²) in [5, 5.41) is 5.41. The molecule has 0 bridgehead atoms. The molecule has 1 aliphatic rings. The molecule has 2 aromatic carbocycles. The number of hydrogen-bond acceptors (Lipinski definition) is 4. The van der Waals surface area contributed by atoms with Gasteiger partial charge in [0.25, 0.3) is 5.91 Å². The van der Waals surface area contributed by atoms with Crippen molar-refractivity contribution in [2.24, 2.45) is 0 Å².